The van der Waals surface area contributed by atoms with Gasteiger partial charge in [-0.25, -0.2) is 4.57 Å². The highest BCUT2D eigenvalue weighted by molar-refractivity contribution is 7.48. The van der Waals surface area contributed by atoms with Gasteiger partial charge >= 0.3 is 7.82 Å². The van der Waals surface area contributed by atoms with E-state index in [9.17, 15) is 4.57 Å². The van der Waals surface area contributed by atoms with E-state index in [-0.39, 0.29) is 6.10 Å². The summed E-state index contributed by atoms with van der Waals surface area (Å²) < 4.78 is 28.6. The maximum absolute atomic E-state index is 12.4. The fourth-order valence-electron chi connectivity index (χ4n) is 1.83. The Kier molecular flexibility index (Phi) is 4.38. The third-order valence-corrected chi connectivity index (χ3v) is 4.51. The van der Waals surface area contributed by atoms with Crippen molar-refractivity contribution in [1.82, 2.24) is 0 Å². The van der Waals surface area contributed by atoms with Crippen LogP contribution in [-0.2, 0) is 18.1 Å². The maximum atomic E-state index is 12.4. The molecule has 6 heteroatoms. The van der Waals surface area contributed by atoms with Crippen LogP contribution in [0.25, 0.3) is 0 Å². The summed E-state index contributed by atoms with van der Waals surface area (Å²) in [5.41, 5.74) is 0.291. The zero-order chi connectivity index (χ0) is 14.1. The number of hydrogen-bond donors (Lipinski definition) is 0. The van der Waals surface area contributed by atoms with Crippen LogP contribution in [0.1, 0.15) is 38.9 Å². The van der Waals surface area contributed by atoms with Gasteiger partial charge < -0.3 is 0 Å². The van der Waals surface area contributed by atoms with E-state index < -0.39 is 13.4 Å². The first-order valence-electron chi connectivity index (χ1n) is 6.17. The molecule has 0 saturated carbocycles. The minimum atomic E-state index is -3.51. The molecule has 1 aromatic rings. The molecule has 1 aliphatic rings. The van der Waals surface area contributed by atoms with E-state index in [1.54, 1.807) is 12.1 Å². The average molecular weight is 305 g/mol. The molecule has 106 valence electrons. The van der Waals surface area contributed by atoms with Gasteiger partial charge in [0.15, 0.2) is 0 Å². The van der Waals surface area contributed by atoms with E-state index in [0.29, 0.717) is 18.1 Å². The van der Waals surface area contributed by atoms with E-state index in [1.807, 2.05) is 32.9 Å². The fraction of sp³-hybridized carbons (Fsp3) is 0.538. The topological polar surface area (TPSA) is 44.8 Å². The molecule has 1 aliphatic heterocycles. The molecule has 4 nitrogen and oxygen atoms in total. The predicted molar refractivity (Wildman–Crippen MR) is 74.3 cm³/mol. The number of rotatable bonds is 2. The number of phosphoric ester groups is 1. The number of halogens is 1. The minimum absolute atomic E-state index is 0.319. The molecule has 2 rings (SSSR count). The normalized spacial score (nSPS) is 28.3. The van der Waals surface area contributed by atoms with Crippen LogP contribution in [-0.4, -0.2) is 12.2 Å². The van der Waals surface area contributed by atoms with Crippen molar-refractivity contribution < 1.29 is 18.1 Å². The van der Waals surface area contributed by atoms with Crippen LogP contribution < -0.4 is 0 Å². The molecule has 0 N–H and O–H groups in total. The molecule has 1 aromatic carbocycles. The SMILES string of the molecule is CC(C)(C)OP1(=O)OCCC(c2cccc(Cl)c2)O1. The average Bonchev–Trinajstić information content (AvgIpc) is 2.25. The highest BCUT2D eigenvalue weighted by Gasteiger charge is 2.39. The van der Waals surface area contributed by atoms with Crippen LogP contribution in [0.4, 0.5) is 0 Å². The Labute approximate surface area is 118 Å². The summed E-state index contributed by atoms with van der Waals surface area (Å²) in [5.74, 6) is 0. The van der Waals surface area contributed by atoms with Crippen molar-refractivity contribution in [2.24, 2.45) is 0 Å². The van der Waals surface area contributed by atoms with Crippen LogP contribution in [0.2, 0.25) is 5.02 Å². The lowest BCUT2D eigenvalue weighted by Crippen LogP contribution is -2.23. The largest absolute Gasteiger partial charge is 0.475 e. The molecule has 0 spiro atoms. The summed E-state index contributed by atoms with van der Waals surface area (Å²) in [5, 5.41) is 0.624. The van der Waals surface area contributed by atoms with Crippen molar-refractivity contribution >= 4 is 19.4 Å². The second kappa shape index (κ2) is 5.55. The third-order valence-electron chi connectivity index (χ3n) is 2.49. The van der Waals surface area contributed by atoms with Crippen LogP contribution in [0.5, 0.6) is 0 Å². The molecule has 0 aromatic heterocycles. The molecule has 0 aliphatic carbocycles. The van der Waals surface area contributed by atoms with Crippen molar-refractivity contribution in [1.29, 1.82) is 0 Å². The number of hydrogen-bond acceptors (Lipinski definition) is 4. The first-order chi connectivity index (χ1) is 8.77. The van der Waals surface area contributed by atoms with Gasteiger partial charge in [-0.3, -0.25) is 13.6 Å². The zero-order valence-corrected chi connectivity index (χ0v) is 12.9. The Morgan fingerprint density at radius 3 is 2.79 bits per heavy atom. The fourth-order valence-corrected chi connectivity index (χ4v) is 3.72. The van der Waals surface area contributed by atoms with E-state index in [0.717, 1.165) is 5.56 Å². The van der Waals surface area contributed by atoms with Gasteiger partial charge in [0, 0.05) is 11.4 Å². The lowest BCUT2D eigenvalue weighted by molar-refractivity contribution is -0.00843. The Balaban J connectivity index is 2.15. The Hall–Kier alpha value is -0.380. The Bertz CT molecular complexity index is 498. The first kappa shape index (κ1) is 15.0. The lowest BCUT2D eigenvalue weighted by atomic mass is 10.1. The van der Waals surface area contributed by atoms with Crippen LogP contribution >= 0.6 is 19.4 Å². The lowest BCUT2D eigenvalue weighted by Gasteiger charge is -2.32. The molecule has 1 heterocycles. The van der Waals surface area contributed by atoms with Gasteiger partial charge in [-0.1, -0.05) is 23.7 Å². The van der Waals surface area contributed by atoms with Gasteiger partial charge in [0.05, 0.1) is 18.3 Å². The molecule has 0 amide bonds. The predicted octanol–water partition coefficient (Wildman–Crippen LogP) is 4.74. The second-order valence-corrected chi connectivity index (χ2v) is 7.40. The molecule has 1 saturated heterocycles. The molecular formula is C13H18ClO4P. The van der Waals surface area contributed by atoms with E-state index >= 15 is 0 Å². The van der Waals surface area contributed by atoms with Gasteiger partial charge in [-0.05, 0) is 38.5 Å². The standard InChI is InChI=1S/C13H18ClO4P/c1-13(2,3)18-19(15)16-8-7-12(17-19)10-5-4-6-11(14)9-10/h4-6,9,12H,7-8H2,1-3H3. The second-order valence-electron chi connectivity index (χ2n) is 5.42. The van der Waals surface area contributed by atoms with Crippen molar-refractivity contribution in [2.45, 2.75) is 38.9 Å². The van der Waals surface area contributed by atoms with Crippen molar-refractivity contribution in [3.63, 3.8) is 0 Å². The quantitative estimate of drug-likeness (QED) is 0.740. The Morgan fingerprint density at radius 2 is 2.16 bits per heavy atom. The summed E-state index contributed by atoms with van der Waals surface area (Å²) >= 11 is 5.95. The van der Waals surface area contributed by atoms with E-state index in [1.165, 1.54) is 0 Å². The summed E-state index contributed by atoms with van der Waals surface area (Å²) in [4.78, 5) is 0. The molecule has 0 radical (unpaired) electrons. The van der Waals surface area contributed by atoms with E-state index in [2.05, 4.69) is 0 Å². The van der Waals surface area contributed by atoms with Gasteiger partial charge in [0.1, 0.15) is 0 Å². The number of benzene rings is 1. The molecule has 2 unspecified atom stereocenters. The summed E-state index contributed by atoms with van der Waals surface area (Å²) in [6.45, 7) is 5.76. The smallest absolute Gasteiger partial charge is 0.287 e. The van der Waals surface area contributed by atoms with Gasteiger partial charge in [0.2, 0.25) is 0 Å². The molecular weight excluding hydrogens is 287 g/mol. The van der Waals surface area contributed by atoms with Crippen LogP contribution in [0.3, 0.4) is 0 Å². The highest BCUT2D eigenvalue weighted by Crippen LogP contribution is 2.59. The first-order valence-corrected chi connectivity index (χ1v) is 8.00. The minimum Gasteiger partial charge on any atom is -0.287 e. The molecule has 19 heavy (non-hydrogen) atoms. The van der Waals surface area contributed by atoms with Gasteiger partial charge in [0.25, 0.3) is 0 Å². The molecule has 2 atom stereocenters. The van der Waals surface area contributed by atoms with Crippen molar-refractivity contribution in [3.8, 4) is 0 Å². The van der Waals surface area contributed by atoms with Gasteiger partial charge in [-0.15, -0.1) is 0 Å². The maximum Gasteiger partial charge on any atom is 0.475 e. The van der Waals surface area contributed by atoms with Gasteiger partial charge in [-0.2, -0.15) is 0 Å². The van der Waals surface area contributed by atoms with Crippen LogP contribution in [0.15, 0.2) is 24.3 Å². The van der Waals surface area contributed by atoms with E-state index in [4.69, 9.17) is 25.2 Å². The zero-order valence-electron chi connectivity index (χ0n) is 11.3. The highest BCUT2D eigenvalue weighted by atomic mass is 35.5. The Morgan fingerprint density at radius 1 is 1.42 bits per heavy atom. The van der Waals surface area contributed by atoms with Crippen LogP contribution in [0, 0.1) is 0 Å². The molecule has 0 bridgehead atoms. The monoisotopic (exact) mass is 304 g/mol. The van der Waals surface area contributed by atoms with Crippen molar-refractivity contribution in [2.75, 3.05) is 6.61 Å². The van der Waals surface area contributed by atoms with Crippen molar-refractivity contribution in [3.05, 3.63) is 34.9 Å². The summed E-state index contributed by atoms with van der Waals surface area (Å²) in [7, 11) is -3.51. The summed E-state index contributed by atoms with van der Waals surface area (Å²) in [6.07, 6.45) is 0.304. The summed E-state index contributed by atoms with van der Waals surface area (Å²) in [6, 6.07) is 7.32. The number of phosphoric acid groups is 1. The third kappa shape index (κ3) is 4.30. The molecule has 1 fully saturated rings.